The third-order valence-corrected chi connectivity index (χ3v) is 5.65. The Morgan fingerprint density at radius 3 is 2.25 bits per heavy atom. The maximum absolute atomic E-state index is 12.3. The predicted octanol–water partition coefficient (Wildman–Crippen LogP) is 3.08. The second kappa shape index (κ2) is 8.97. The number of aliphatic hydroxyl groups excluding tert-OH is 1. The molecule has 0 aliphatic carbocycles. The molecule has 4 nitrogen and oxygen atoms in total. The summed E-state index contributed by atoms with van der Waals surface area (Å²) in [6.45, 7) is 2.47. The smallest absolute Gasteiger partial charge is 0.240 e. The fraction of sp³-hybridized carbons (Fsp3) is 0.368. The van der Waals surface area contributed by atoms with Crippen molar-refractivity contribution >= 4 is 10.0 Å². The van der Waals surface area contributed by atoms with Crippen LogP contribution in [0.25, 0.3) is 0 Å². The SMILES string of the molecule is CCc1ccc(S(=O)(=O)NCCC(CCO)c2ccccc2)cc1. The zero-order chi connectivity index (χ0) is 17.4. The molecule has 0 aromatic heterocycles. The zero-order valence-corrected chi connectivity index (χ0v) is 14.8. The van der Waals surface area contributed by atoms with Gasteiger partial charge < -0.3 is 5.11 Å². The van der Waals surface area contributed by atoms with Crippen LogP contribution in [0.15, 0.2) is 59.5 Å². The summed E-state index contributed by atoms with van der Waals surface area (Å²) < 4.78 is 27.4. The van der Waals surface area contributed by atoms with Gasteiger partial charge in [0.2, 0.25) is 10.0 Å². The maximum atomic E-state index is 12.3. The number of benzene rings is 2. The second-order valence-corrected chi connectivity index (χ2v) is 7.57. The van der Waals surface area contributed by atoms with Gasteiger partial charge in [0.15, 0.2) is 0 Å². The number of rotatable bonds is 9. The van der Waals surface area contributed by atoms with Gasteiger partial charge in [-0.25, -0.2) is 13.1 Å². The summed E-state index contributed by atoms with van der Waals surface area (Å²) in [5.74, 6) is 0.140. The van der Waals surface area contributed by atoms with E-state index < -0.39 is 10.0 Å². The number of hydrogen-bond acceptors (Lipinski definition) is 3. The van der Waals surface area contributed by atoms with E-state index in [0.717, 1.165) is 17.5 Å². The van der Waals surface area contributed by atoms with Gasteiger partial charge in [0.05, 0.1) is 4.90 Å². The van der Waals surface area contributed by atoms with Gasteiger partial charge in [0.1, 0.15) is 0 Å². The molecule has 0 amide bonds. The Morgan fingerprint density at radius 1 is 1.00 bits per heavy atom. The Morgan fingerprint density at radius 2 is 1.67 bits per heavy atom. The van der Waals surface area contributed by atoms with Crippen LogP contribution in [0.1, 0.15) is 36.8 Å². The predicted molar refractivity (Wildman–Crippen MR) is 96.5 cm³/mol. The van der Waals surface area contributed by atoms with Crippen molar-refractivity contribution in [2.45, 2.75) is 37.0 Å². The fourth-order valence-electron chi connectivity index (χ4n) is 2.71. The average molecular weight is 347 g/mol. The Labute approximate surface area is 144 Å². The first-order chi connectivity index (χ1) is 11.6. The van der Waals surface area contributed by atoms with E-state index in [-0.39, 0.29) is 17.4 Å². The van der Waals surface area contributed by atoms with Gasteiger partial charge in [0.25, 0.3) is 0 Å². The summed E-state index contributed by atoms with van der Waals surface area (Å²) in [5, 5.41) is 9.25. The molecule has 0 fully saturated rings. The molecule has 130 valence electrons. The van der Waals surface area contributed by atoms with Crippen LogP contribution in [-0.4, -0.2) is 26.7 Å². The van der Waals surface area contributed by atoms with Crippen molar-refractivity contribution in [2.24, 2.45) is 0 Å². The van der Waals surface area contributed by atoms with E-state index in [9.17, 15) is 13.5 Å². The van der Waals surface area contributed by atoms with E-state index in [1.807, 2.05) is 49.4 Å². The van der Waals surface area contributed by atoms with Crippen LogP contribution in [0.2, 0.25) is 0 Å². The highest BCUT2D eigenvalue weighted by molar-refractivity contribution is 7.89. The molecule has 0 saturated carbocycles. The Hall–Kier alpha value is -1.69. The molecular weight excluding hydrogens is 322 g/mol. The first-order valence-corrected chi connectivity index (χ1v) is 9.79. The normalized spacial score (nSPS) is 12.9. The van der Waals surface area contributed by atoms with E-state index in [4.69, 9.17) is 0 Å². The van der Waals surface area contributed by atoms with Crippen molar-refractivity contribution in [3.05, 3.63) is 65.7 Å². The van der Waals surface area contributed by atoms with Crippen molar-refractivity contribution in [1.82, 2.24) is 4.72 Å². The third-order valence-electron chi connectivity index (χ3n) is 4.18. The summed E-state index contributed by atoms with van der Waals surface area (Å²) in [7, 11) is -3.49. The second-order valence-electron chi connectivity index (χ2n) is 5.80. The molecule has 0 bridgehead atoms. The number of sulfonamides is 1. The molecule has 2 rings (SSSR count). The van der Waals surface area contributed by atoms with Crippen LogP contribution in [0, 0.1) is 0 Å². The number of nitrogens with one attached hydrogen (secondary N) is 1. The van der Waals surface area contributed by atoms with Gasteiger partial charge in [-0.3, -0.25) is 0 Å². The molecular formula is C19H25NO3S. The number of aryl methyl sites for hydroxylation is 1. The highest BCUT2D eigenvalue weighted by Gasteiger charge is 2.16. The minimum absolute atomic E-state index is 0.0881. The van der Waals surface area contributed by atoms with Crippen LogP contribution >= 0.6 is 0 Å². The molecule has 2 N–H and O–H groups in total. The van der Waals surface area contributed by atoms with Crippen molar-refractivity contribution < 1.29 is 13.5 Å². The van der Waals surface area contributed by atoms with Crippen LogP contribution in [0.4, 0.5) is 0 Å². The summed E-state index contributed by atoms with van der Waals surface area (Å²) in [6, 6.07) is 16.9. The first kappa shape index (κ1) is 18.6. The van der Waals surface area contributed by atoms with Crippen molar-refractivity contribution in [3.63, 3.8) is 0 Å². The van der Waals surface area contributed by atoms with E-state index >= 15 is 0 Å². The van der Waals surface area contributed by atoms with Crippen molar-refractivity contribution in [3.8, 4) is 0 Å². The average Bonchev–Trinajstić information content (AvgIpc) is 2.61. The van der Waals surface area contributed by atoms with Gasteiger partial charge in [-0.15, -0.1) is 0 Å². The number of aliphatic hydroxyl groups is 1. The van der Waals surface area contributed by atoms with Gasteiger partial charge in [-0.1, -0.05) is 49.4 Å². The summed E-state index contributed by atoms with van der Waals surface area (Å²) in [6.07, 6.45) is 2.15. The summed E-state index contributed by atoms with van der Waals surface area (Å²) >= 11 is 0. The number of hydrogen-bond donors (Lipinski definition) is 2. The van der Waals surface area contributed by atoms with Crippen LogP contribution in [-0.2, 0) is 16.4 Å². The topological polar surface area (TPSA) is 66.4 Å². The zero-order valence-electron chi connectivity index (χ0n) is 14.0. The van der Waals surface area contributed by atoms with E-state index in [2.05, 4.69) is 4.72 Å². The monoisotopic (exact) mass is 347 g/mol. The largest absolute Gasteiger partial charge is 0.396 e. The van der Waals surface area contributed by atoms with Crippen molar-refractivity contribution in [1.29, 1.82) is 0 Å². The minimum Gasteiger partial charge on any atom is -0.396 e. The molecule has 0 aliphatic heterocycles. The van der Waals surface area contributed by atoms with Gasteiger partial charge >= 0.3 is 0 Å². The lowest BCUT2D eigenvalue weighted by molar-refractivity contribution is 0.273. The summed E-state index contributed by atoms with van der Waals surface area (Å²) in [5.41, 5.74) is 2.24. The quantitative estimate of drug-likeness (QED) is 0.732. The third kappa shape index (κ3) is 5.16. The van der Waals surface area contributed by atoms with Crippen LogP contribution in [0.3, 0.4) is 0 Å². The highest BCUT2D eigenvalue weighted by atomic mass is 32.2. The molecule has 0 radical (unpaired) electrons. The lowest BCUT2D eigenvalue weighted by Crippen LogP contribution is -2.26. The lowest BCUT2D eigenvalue weighted by Gasteiger charge is -2.16. The Kier molecular flexibility index (Phi) is 6.97. The minimum atomic E-state index is -3.49. The Balaban J connectivity index is 1.97. The molecule has 24 heavy (non-hydrogen) atoms. The molecule has 2 aromatic rings. The molecule has 5 heteroatoms. The molecule has 1 unspecified atom stereocenters. The molecule has 0 spiro atoms. The highest BCUT2D eigenvalue weighted by Crippen LogP contribution is 2.22. The molecule has 0 saturated heterocycles. The van der Waals surface area contributed by atoms with E-state index in [1.54, 1.807) is 12.1 Å². The van der Waals surface area contributed by atoms with E-state index in [0.29, 0.717) is 19.4 Å². The van der Waals surface area contributed by atoms with Gasteiger partial charge in [-0.2, -0.15) is 0 Å². The molecule has 0 aliphatic rings. The first-order valence-electron chi connectivity index (χ1n) is 8.31. The molecule has 0 heterocycles. The Bertz CT molecular complexity index is 712. The maximum Gasteiger partial charge on any atom is 0.240 e. The van der Waals surface area contributed by atoms with Gasteiger partial charge in [-0.05, 0) is 48.4 Å². The van der Waals surface area contributed by atoms with E-state index in [1.165, 1.54) is 0 Å². The fourth-order valence-corrected chi connectivity index (χ4v) is 3.76. The van der Waals surface area contributed by atoms with Crippen LogP contribution < -0.4 is 4.72 Å². The summed E-state index contributed by atoms with van der Waals surface area (Å²) in [4.78, 5) is 0.290. The lowest BCUT2D eigenvalue weighted by atomic mass is 9.93. The van der Waals surface area contributed by atoms with Gasteiger partial charge in [0, 0.05) is 13.2 Å². The molecule has 1 atom stereocenters. The van der Waals surface area contributed by atoms with Crippen LogP contribution in [0.5, 0.6) is 0 Å². The van der Waals surface area contributed by atoms with Crippen molar-refractivity contribution in [2.75, 3.05) is 13.2 Å². The molecule has 2 aromatic carbocycles. The standard InChI is InChI=1S/C19H25NO3S/c1-2-16-8-10-19(11-9-16)24(22,23)20-14-12-18(13-15-21)17-6-4-3-5-7-17/h3-11,18,20-21H,2,12-15H2,1H3.